The Hall–Kier alpha value is -1.88. The number of carbonyl (C=O) groups is 1. The number of fused-ring (bicyclic) bond motifs is 3. The molecular formula is C18H24N4O. The van der Waals surface area contributed by atoms with E-state index in [0.29, 0.717) is 17.8 Å². The first-order valence-electron chi connectivity index (χ1n) is 8.58. The number of carbonyl (C=O) groups excluding carboxylic acids is 1. The summed E-state index contributed by atoms with van der Waals surface area (Å²) in [5, 5.41) is 8.65. The minimum absolute atomic E-state index is 0.00817. The molecule has 1 aromatic heterocycles. The van der Waals surface area contributed by atoms with Gasteiger partial charge in [0.2, 0.25) is 0 Å². The van der Waals surface area contributed by atoms with E-state index in [1.807, 2.05) is 31.3 Å². The maximum absolute atomic E-state index is 12.8. The smallest absolute Gasteiger partial charge is 0.270 e. The fraction of sp³-hybridized carbons (Fsp3) is 0.556. The lowest BCUT2D eigenvalue weighted by Gasteiger charge is -2.47. The SMILES string of the molecule is CN1C2CCCC1CC(NC(=O)c1c3ccccc3nn1C)C2. The first-order chi connectivity index (χ1) is 11.1. The fourth-order valence-electron chi connectivity index (χ4n) is 4.40. The highest BCUT2D eigenvalue weighted by atomic mass is 16.2. The molecule has 1 amide bonds. The number of hydrogen-bond donors (Lipinski definition) is 1. The Kier molecular flexibility index (Phi) is 3.60. The summed E-state index contributed by atoms with van der Waals surface area (Å²) in [6.07, 6.45) is 5.97. The van der Waals surface area contributed by atoms with Crippen LogP contribution in [-0.4, -0.2) is 45.8 Å². The summed E-state index contributed by atoms with van der Waals surface area (Å²) in [5.41, 5.74) is 1.55. The molecule has 2 atom stereocenters. The molecule has 0 saturated carbocycles. The predicted octanol–water partition coefficient (Wildman–Crippen LogP) is 2.32. The predicted molar refractivity (Wildman–Crippen MR) is 90.4 cm³/mol. The third-order valence-electron chi connectivity index (χ3n) is 5.63. The molecule has 2 aliphatic rings. The van der Waals surface area contributed by atoms with Crippen molar-refractivity contribution >= 4 is 16.8 Å². The number of rotatable bonds is 2. The van der Waals surface area contributed by atoms with E-state index < -0.39 is 0 Å². The number of aryl methyl sites for hydroxylation is 1. The van der Waals surface area contributed by atoms with Crippen molar-refractivity contribution in [2.24, 2.45) is 7.05 Å². The van der Waals surface area contributed by atoms with Crippen molar-refractivity contribution in [3.05, 3.63) is 30.0 Å². The van der Waals surface area contributed by atoms with Crippen LogP contribution in [0.1, 0.15) is 42.6 Å². The fourth-order valence-corrected chi connectivity index (χ4v) is 4.40. The second kappa shape index (κ2) is 5.64. The van der Waals surface area contributed by atoms with Crippen LogP contribution in [-0.2, 0) is 7.05 Å². The van der Waals surface area contributed by atoms with Crippen LogP contribution in [0.25, 0.3) is 10.9 Å². The molecule has 0 aliphatic carbocycles. The number of piperidine rings is 2. The van der Waals surface area contributed by atoms with Crippen LogP contribution in [0.5, 0.6) is 0 Å². The molecule has 2 aromatic rings. The monoisotopic (exact) mass is 312 g/mol. The summed E-state index contributed by atoms with van der Waals surface area (Å²) in [4.78, 5) is 15.3. The molecule has 2 fully saturated rings. The van der Waals surface area contributed by atoms with Crippen LogP contribution in [0.4, 0.5) is 0 Å². The molecule has 3 heterocycles. The number of nitrogens with one attached hydrogen (secondary N) is 1. The van der Waals surface area contributed by atoms with E-state index in [2.05, 4.69) is 22.4 Å². The van der Waals surface area contributed by atoms with Gasteiger partial charge in [-0.05, 0) is 38.8 Å². The van der Waals surface area contributed by atoms with Crippen LogP contribution in [0.15, 0.2) is 24.3 Å². The summed E-state index contributed by atoms with van der Waals surface area (Å²) in [5.74, 6) is 0.00817. The summed E-state index contributed by atoms with van der Waals surface area (Å²) in [6.45, 7) is 0. The summed E-state index contributed by atoms with van der Waals surface area (Å²) < 4.78 is 1.70. The van der Waals surface area contributed by atoms with Gasteiger partial charge >= 0.3 is 0 Å². The lowest BCUT2D eigenvalue weighted by atomic mass is 9.82. The zero-order chi connectivity index (χ0) is 16.0. The number of amides is 1. The topological polar surface area (TPSA) is 50.2 Å². The van der Waals surface area contributed by atoms with Crippen LogP contribution in [0.3, 0.4) is 0 Å². The van der Waals surface area contributed by atoms with Gasteiger partial charge in [-0.25, -0.2) is 0 Å². The highest BCUT2D eigenvalue weighted by molar-refractivity contribution is 6.05. The van der Waals surface area contributed by atoms with Crippen LogP contribution < -0.4 is 5.32 Å². The van der Waals surface area contributed by atoms with Gasteiger partial charge in [-0.2, -0.15) is 5.10 Å². The van der Waals surface area contributed by atoms with Gasteiger partial charge < -0.3 is 10.2 Å². The molecular weight excluding hydrogens is 288 g/mol. The Morgan fingerprint density at radius 1 is 1.17 bits per heavy atom. The van der Waals surface area contributed by atoms with Gasteiger partial charge in [-0.15, -0.1) is 0 Å². The second-order valence-electron chi connectivity index (χ2n) is 7.04. The van der Waals surface area contributed by atoms with Crippen LogP contribution in [0, 0.1) is 0 Å². The normalized spacial score (nSPS) is 28.0. The molecule has 2 saturated heterocycles. The maximum Gasteiger partial charge on any atom is 0.270 e. The van der Waals surface area contributed by atoms with E-state index in [-0.39, 0.29) is 11.9 Å². The van der Waals surface area contributed by atoms with Gasteiger partial charge in [-0.3, -0.25) is 9.48 Å². The highest BCUT2D eigenvalue weighted by Gasteiger charge is 2.36. The molecule has 2 bridgehead atoms. The van der Waals surface area contributed by atoms with Gasteiger partial charge in [0.25, 0.3) is 5.91 Å². The Labute approximate surface area is 136 Å². The number of aromatic nitrogens is 2. The second-order valence-corrected chi connectivity index (χ2v) is 7.04. The van der Waals surface area contributed by atoms with Crippen molar-refractivity contribution in [3.63, 3.8) is 0 Å². The van der Waals surface area contributed by atoms with E-state index >= 15 is 0 Å². The molecule has 1 aromatic carbocycles. The molecule has 1 N–H and O–H groups in total. The van der Waals surface area contributed by atoms with Crippen molar-refractivity contribution < 1.29 is 4.79 Å². The lowest BCUT2D eigenvalue weighted by Crippen LogP contribution is -2.55. The maximum atomic E-state index is 12.8. The molecule has 0 radical (unpaired) electrons. The van der Waals surface area contributed by atoms with Crippen molar-refractivity contribution in [2.75, 3.05) is 7.05 Å². The van der Waals surface area contributed by atoms with Crippen molar-refractivity contribution in [1.82, 2.24) is 20.0 Å². The first kappa shape index (κ1) is 14.7. The van der Waals surface area contributed by atoms with E-state index in [0.717, 1.165) is 23.7 Å². The van der Waals surface area contributed by atoms with Crippen molar-refractivity contribution in [3.8, 4) is 0 Å². The van der Waals surface area contributed by atoms with E-state index in [9.17, 15) is 4.79 Å². The molecule has 0 spiro atoms. The Morgan fingerprint density at radius 2 is 1.87 bits per heavy atom. The lowest BCUT2D eigenvalue weighted by molar-refractivity contribution is 0.0461. The van der Waals surface area contributed by atoms with Gasteiger partial charge in [0.15, 0.2) is 0 Å². The third-order valence-corrected chi connectivity index (χ3v) is 5.63. The van der Waals surface area contributed by atoms with E-state index in [4.69, 9.17) is 0 Å². The molecule has 2 aliphatic heterocycles. The van der Waals surface area contributed by atoms with Gasteiger partial charge in [-0.1, -0.05) is 24.6 Å². The van der Waals surface area contributed by atoms with Crippen LogP contribution in [0.2, 0.25) is 0 Å². The molecule has 122 valence electrons. The van der Waals surface area contributed by atoms with E-state index in [1.54, 1.807) is 4.68 Å². The Bertz CT molecular complexity index is 724. The summed E-state index contributed by atoms with van der Waals surface area (Å²) in [6, 6.07) is 9.36. The minimum Gasteiger partial charge on any atom is -0.348 e. The van der Waals surface area contributed by atoms with Crippen LogP contribution >= 0.6 is 0 Å². The first-order valence-corrected chi connectivity index (χ1v) is 8.58. The Balaban J connectivity index is 1.55. The number of benzene rings is 1. The molecule has 4 rings (SSSR count). The molecule has 5 heteroatoms. The molecule has 23 heavy (non-hydrogen) atoms. The molecule has 2 unspecified atom stereocenters. The summed E-state index contributed by atoms with van der Waals surface area (Å²) >= 11 is 0. The van der Waals surface area contributed by atoms with E-state index in [1.165, 1.54) is 19.3 Å². The van der Waals surface area contributed by atoms with Gasteiger partial charge in [0.05, 0.1) is 5.52 Å². The van der Waals surface area contributed by atoms with Crippen molar-refractivity contribution in [2.45, 2.75) is 50.2 Å². The molecule has 5 nitrogen and oxygen atoms in total. The van der Waals surface area contributed by atoms with Gasteiger partial charge in [0.1, 0.15) is 5.69 Å². The quantitative estimate of drug-likeness (QED) is 0.926. The number of nitrogens with zero attached hydrogens (tertiary/aromatic N) is 3. The standard InChI is InChI=1S/C18H24N4O/c1-21-13-6-5-7-14(21)11-12(10-13)19-18(23)17-15-8-3-4-9-16(15)20-22(17)2/h3-4,8-9,12-14H,5-7,10-11H2,1-2H3,(H,19,23). The average molecular weight is 312 g/mol. The highest BCUT2D eigenvalue weighted by Crippen LogP contribution is 2.32. The Morgan fingerprint density at radius 3 is 2.61 bits per heavy atom. The minimum atomic E-state index is 0.00817. The van der Waals surface area contributed by atoms with Gasteiger partial charge in [0, 0.05) is 30.6 Å². The zero-order valence-corrected chi connectivity index (χ0v) is 13.8. The summed E-state index contributed by atoms with van der Waals surface area (Å²) in [7, 11) is 4.08. The zero-order valence-electron chi connectivity index (χ0n) is 13.8. The average Bonchev–Trinajstić information content (AvgIpc) is 2.84. The largest absolute Gasteiger partial charge is 0.348 e. The third kappa shape index (κ3) is 2.53. The van der Waals surface area contributed by atoms with Crippen molar-refractivity contribution in [1.29, 1.82) is 0 Å². The number of hydrogen-bond acceptors (Lipinski definition) is 3.